The lowest BCUT2D eigenvalue weighted by atomic mass is 10.1. The number of benzene rings is 1. The Kier molecular flexibility index (Phi) is 4.98. The quantitative estimate of drug-likeness (QED) is 0.486. The number of amides is 1. The maximum Gasteiger partial charge on any atom is 0.396 e. The molecule has 0 spiro atoms. The SMILES string of the molecule is CCOC(=O)C(=O)NCC(=O)c1ccc(F)cc1. The zero-order valence-corrected chi connectivity index (χ0v) is 9.73. The lowest BCUT2D eigenvalue weighted by molar-refractivity contribution is -0.154. The summed E-state index contributed by atoms with van der Waals surface area (Å²) in [7, 11) is 0. The normalized spacial score (nSPS) is 9.67. The molecule has 5 nitrogen and oxygen atoms in total. The summed E-state index contributed by atoms with van der Waals surface area (Å²) < 4.78 is 17.1. The summed E-state index contributed by atoms with van der Waals surface area (Å²) in [5.41, 5.74) is 0.251. The third-order valence-electron chi connectivity index (χ3n) is 2.04. The van der Waals surface area contributed by atoms with Crippen molar-refractivity contribution in [1.82, 2.24) is 5.32 Å². The molecular weight excluding hydrogens is 241 g/mol. The summed E-state index contributed by atoms with van der Waals surface area (Å²) in [6.45, 7) is 1.30. The molecule has 0 radical (unpaired) electrons. The van der Waals surface area contributed by atoms with Gasteiger partial charge in [-0.3, -0.25) is 9.59 Å². The fraction of sp³-hybridized carbons (Fsp3) is 0.250. The molecule has 1 aromatic carbocycles. The largest absolute Gasteiger partial charge is 0.459 e. The summed E-state index contributed by atoms with van der Waals surface area (Å²) in [6, 6.07) is 4.88. The van der Waals surface area contributed by atoms with Crippen molar-refractivity contribution in [2.75, 3.05) is 13.2 Å². The molecule has 0 heterocycles. The Balaban J connectivity index is 2.49. The minimum Gasteiger partial charge on any atom is -0.459 e. The molecule has 6 heteroatoms. The van der Waals surface area contributed by atoms with E-state index in [0.29, 0.717) is 0 Å². The van der Waals surface area contributed by atoms with Crippen LogP contribution in [0.4, 0.5) is 4.39 Å². The third kappa shape index (κ3) is 3.97. The second kappa shape index (κ2) is 6.48. The molecule has 0 aliphatic heterocycles. The molecule has 0 fully saturated rings. The number of Topliss-reactive ketones (excluding diaryl/α,β-unsaturated/α-hetero) is 1. The number of halogens is 1. The standard InChI is InChI=1S/C12H12FNO4/c1-2-18-12(17)11(16)14-7-10(15)8-3-5-9(13)6-4-8/h3-6H,2,7H2,1H3,(H,14,16). The second-order valence-electron chi connectivity index (χ2n) is 3.33. The fourth-order valence-electron chi connectivity index (χ4n) is 1.17. The molecule has 1 aromatic rings. The Morgan fingerprint density at radius 1 is 1.22 bits per heavy atom. The van der Waals surface area contributed by atoms with Gasteiger partial charge in [-0.25, -0.2) is 9.18 Å². The minimum atomic E-state index is -1.04. The van der Waals surface area contributed by atoms with Crippen molar-refractivity contribution in [1.29, 1.82) is 0 Å². The molecule has 0 saturated heterocycles. The minimum absolute atomic E-state index is 0.0815. The molecule has 0 aromatic heterocycles. The van der Waals surface area contributed by atoms with Gasteiger partial charge < -0.3 is 10.1 Å². The topological polar surface area (TPSA) is 72.5 Å². The van der Waals surface area contributed by atoms with Gasteiger partial charge in [0.2, 0.25) is 0 Å². The number of rotatable bonds is 4. The Hall–Kier alpha value is -2.24. The van der Waals surface area contributed by atoms with Gasteiger partial charge in [0.05, 0.1) is 13.2 Å². The van der Waals surface area contributed by atoms with Crippen LogP contribution in [0.2, 0.25) is 0 Å². The smallest absolute Gasteiger partial charge is 0.396 e. The second-order valence-corrected chi connectivity index (χ2v) is 3.33. The molecule has 0 unspecified atom stereocenters. The highest BCUT2D eigenvalue weighted by Gasteiger charge is 2.15. The molecule has 1 rings (SSSR count). The fourth-order valence-corrected chi connectivity index (χ4v) is 1.17. The number of hydrogen-bond donors (Lipinski definition) is 1. The van der Waals surface area contributed by atoms with Crippen LogP contribution in [-0.2, 0) is 14.3 Å². The summed E-state index contributed by atoms with van der Waals surface area (Å²) in [5.74, 6) is -2.90. The maximum absolute atomic E-state index is 12.6. The first kappa shape index (κ1) is 13.8. The van der Waals surface area contributed by atoms with Crippen molar-refractivity contribution in [2.45, 2.75) is 6.92 Å². The number of carbonyl (C=O) groups excluding carboxylic acids is 3. The average molecular weight is 253 g/mol. The van der Waals surface area contributed by atoms with Crippen LogP contribution in [0, 0.1) is 5.82 Å². The van der Waals surface area contributed by atoms with Crippen molar-refractivity contribution in [2.24, 2.45) is 0 Å². The number of nitrogens with one attached hydrogen (secondary N) is 1. The van der Waals surface area contributed by atoms with E-state index in [4.69, 9.17) is 0 Å². The van der Waals surface area contributed by atoms with Crippen molar-refractivity contribution < 1.29 is 23.5 Å². The van der Waals surface area contributed by atoms with Gasteiger partial charge in [0.25, 0.3) is 0 Å². The van der Waals surface area contributed by atoms with Crippen LogP contribution in [0.25, 0.3) is 0 Å². The van der Waals surface area contributed by atoms with Crippen molar-refractivity contribution in [3.63, 3.8) is 0 Å². The molecule has 1 N–H and O–H groups in total. The van der Waals surface area contributed by atoms with E-state index in [2.05, 4.69) is 10.1 Å². The van der Waals surface area contributed by atoms with E-state index in [1.54, 1.807) is 6.92 Å². The molecular formula is C12H12FNO4. The van der Waals surface area contributed by atoms with Crippen molar-refractivity contribution >= 4 is 17.7 Å². The highest BCUT2D eigenvalue weighted by molar-refractivity contribution is 6.32. The molecule has 0 aliphatic carbocycles. The van der Waals surface area contributed by atoms with Gasteiger partial charge >= 0.3 is 11.9 Å². The Bertz CT molecular complexity index is 456. The van der Waals surface area contributed by atoms with Gasteiger partial charge in [-0.1, -0.05) is 0 Å². The van der Waals surface area contributed by atoms with E-state index in [1.807, 2.05) is 0 Å². The number of carbonyl (C=O) groups is 3. The summed E-state index contributed by atoms with van der Waals surface area (Å²) in [4.78, 5) is 33.6. The highest BCUT2D eigenvalue weighted by Crippen LogP contribution is 2.03. The van der Waals surface area contributed by atoms with E-state index >= 15 is 0 Å². The van der Waals surface area contributed by atoms with Gasteiger partial charge in [-0.15, -0.1) is 0 Å². The zero-order chi connectivity index (χ0) is 13.5. The van der Waals surface area contributed by atoms with E-state index in [0.717, 1.165) is 12.1 Å². The van der Waals surface area contributed by atoms with Crippen molar-refractivity contribution in [3.8, 4) is 0 Å². The van der Waals surface area contributed by atoms with Crippen LogP contribution >= 0.6 is 0 Å². The first-order chi connectivity index (χ1) is 8.54. The summed E-state index contributed by atoms with van der Waals surface area (Å²) in [6.07, 6.45) is 0. The van der Waals surface area contributed by atoms with E-state index in [1.165, 1.54) is 12.1 Å². The maximum atomic E-state index is 12.6. The lowest BCUT2D eigenvalue weighted by Gasteiger charge is -2.04. The molecule has 96 valence electrons. The molecule has 0 bridgehead atoms. The number of ketones is 1. The van der Waals surface area contributed by atoms with Crippen LogP contribution in [0.1, 0.15) is 17.3 Å². The van der Waals surface area contributed by atoms with Gasteiger partial charge in [-0.2, -0.15) is 0 Å². The van der Waals surface area contributed by atoms with Gasteiger partial charge in [0.15, 0.2) is 5.78 Å². The average Bonchev–Trinajstić information content (AvgIpc) is 2.36. The monoisotopic (exact) mass is 253 g/mol. The number of esters is 1. The van der Waals surface area contributed by atoms with Crippen LogP contribution < -0.4 is 5.32 Å². The molecule has 0 aliphatic rings. The van der Waals surface area contributed by atoms with Gasteiger partial charge in [0.1, 0.15) is 5.82 Å². The van der Waals surface area contributed by atoms with Crippen LogP contribution in [0.5, 0.6) is 0 Å². The van der Waals surface area contributed by atoms with Gasteiger partial charge in [0, 0.05) is 5.56 Å². The lowest BCUT2D eigenvalue weighted by Crippen LogP contribution is -2.36. The van der Waals surface area contributed by atoms with Crippen LogP contribution in [0.15, 0.2) is 24.3 Å². The summed E-state index contributed by atoms with van der Waals surface area (Å²) in [5, 5.41) is 2.12. The zero-order valence-electron chi connectivity index (χ0n) is 9.73. The Morgan fingerprint density at radius 3 is 2.39 bits per heavy atom. The predicted octanol–water partition coefficient (Wildman–Crippen LogP) is 0.688. The highest BCUT2D eigenvalue weighted by atomic mass is 19.1. The van der Waals surface area contributed by atoms with Crippen LogP contribution in [-0.4, -0.2) is 30.8 Å². The molecule has 0 saturated carbocycles. The Labute approximate surface area is 103 Å². The molecule has 1 amide bonds. The molecule has 18 heavy (non-hydrogen) atoms. The Morgan fingerprint density at radius 2 is 1.83 bits per heavy atom. The third-order valence-corrected chi connectivity index (χ3v) is 2.04. The van der Waals surface area contributed by atoms with E-state index in [9.17, 15) is 18.8 Å². The summed E-state index contributed by atoms with van der Waals surface area (Å²) >= 11 is 0. The number of hydrogen-bond acceptors (Lipinski definition) is 4. The van der Waals surface area contributed by atoms with E-state index in [-0.39, 0.29) is 18.7 Å². The first-order valence-corrected chi connectivity index (χ1v) is 5.28. The number of ether oxygens (including phenoxy) is 1. The van der Waals surface area contributed by atoms with E-state index < -0.39 is 23.5 Å². The van der Waals surface area contributed by atoms with Gasteiger partial charge in [-0.05, 0) is 31.2 Å². The predicted molar refractivity (Wildman–Crippen MR) is 60.4 cm³/mol. The molecule has 0 atom stereocenters. The van der Waals surface area contributed by atoms with Crippen molar-refractivity contribution in [3.05, 3.63) is 35.6 Å². The van der Waals surface area contributed by atoms with Crippen LogP contribution in [0.3, 0.4) is 0 Å². The first-order valence-electron chi connectivity index (χ1n) is 5.28.